The zero-order valence-electron chi connectivity index (χ0n) is 11.7. The molecule has 1 heterocycles. The van der Waals surface area contributed by atoms with Gasteiger partial charge in [-0.2, -0.15) is 10.5 Å². The van der Waals surface area contributed by atoms with Crippen LogP contribution in [0.15, 0.2) is 42.5 Å². The van der Waals surface area contributed by atoms with Gasteiger partial charge >= 0.3 is 0 Å². The Balaban J connectivity index is 2.18. The number of nitriles is 2. The van der Waals surface area contributed by atoms with Gasteiger partial charge in [-0.3, -0.25) is 4.90 Å². The van der Waals surface area contributed by atoms with E-state index in [1.165, 1.54) is 0 Å². The number of nitrogens with one attached hydrogen (secondary N) is 1. The Bertz CT molecular complexity index is 767. The highest BCUT2D eigenvalue weighted by Gasteiger charge is 2.32. The quantitative estimate of drug-likeness (QED) is 0.855. The van der Waals surface area contributed by atoms with Crippen molar-refractivity contribution in [2.24, 2.45) is 0 Å². The number of hydrogen-bond acceptors (Lipinski definition) is 4. The predicted octanol–water partition coefficient (Wildman–Crippen LogP) is 2.99. The lowest BCUT2D eigenvalue weighted by Crippen LogP contribution is -2.18. The highest BCUT2D eigenvalue weighted by Crippen LogP contribution is 2.40. The van der Waals surface area contributed by atoms with E-state index < -0.39 is 0 Å². The summed E-state index contributed by atoms with van der Waals surface area (Å²) >= 11 is 0. The van der Waals surface area contributed by atoms with Crippen LogP contribution >= 0.6 is 0 Å². The van der Waals surface area contributed by atoms with Gasteiger partial charge in [0.25, 0.3) is 0 Å². The van der Waals surface area contributed by atoms with Crippen LogP contribution in [-0.4, -0.2) is 11.9 Å². The molecule has 1 unspecified atom stereocenters. The van der Waals surface area contributed by atoms with Crippen molar-refractivity contribution in [2.75, 3.05) is 12.4 Å². The van der Waals surface area contributed by atoms with Crippen LogP contribution in [0.4, 0.5) is 5.69 Å². The number of rotatable bonds is 2. The van der Waals surface area contributed by atoms with Crippen molar-refractivity contribution < 1.29 is 0 Å². The average Bonchev–Trinajstić information content (AvgIpc) is 2.92. The summed E-state index contributed by atoms with van der Waals surface area (Å²) in [5.41, 5.74) is 4.73. The molecule has 3 rings (SSSR count). The van der Waals surface area contributed by atoms with E-state index in [4.69, 9.17) is 0 Å². The van der Waals surface area contributed by atoms with Gasteiger partial charge in [0.15, 0.2) is 6.19 Å². The Morgan fingerprint density at radius 2 is 1.95 bits per heavy atom. The Hall–Kier alpha value is -2.98. The van der Waals surface area contributed by atoms with E-state index in [2.05, 4.69) is 23.6 Å². The molecule has 1 atom stereocenters. The summed E-state index contributed by atoms with van der Waals surface area (Å²) in [7, 11) is 1.87. The van der Waals surface area contributed by atoms with Gasteiger partial charge in [0.2, 0.25) is 0 Å². The summed E-state index contributed by atoms with van der Waals surface area (Å²) < 4.78 is 0. The number of nitrogens with zero attached hydrogens (tertiary/aromatic N) is 3. The first-order chi connectivity index (χ1) is 10.3. The topological polar surface area (TPSA) is 62.9 Å². The SMILES string of the molecule is CNc1ccc2c(c1)C(c1ccccc1C#N)N(C#N)C2. The molecule has 0 radical (unpaired) electrons. The van der Waals surface area contributed by atoms with E-state index in [0.29, 0.717) is 12.1 Å². The minimum absolute atomic E-state index is 0.186. The predicted molar refractivity (Wildman–Crippen MR) is 80.1 cm³/mol. The number of benzene rings is 2. The van der Waals surface area contributed by atoms with Crippen LogP contribution in [0.3, 0.4) is 0 Å². The first-order valence-electron chi connectivity index (χ1n) is 6.74. The summed E-state index contributed by atoms with van der Waals surface area (Å²) in [5, 5.41) is 21.9. The maximum Gasteiger partial charge on any atom is 0.180 e. The van der Waals surface area contributed by atoms with E-state index in [1.807, 2.05) is 37.4 Å². The lowest BCUT2D eigenvalue weighted by molar-refractivity contribution is 0.362. The van der Waals surface area contributed by atoms with Crippen LogP contribution in [0.2, 0.25) is 0 Å². The van der Waals surface area contributed by atoms with Gasteiger partial charge in [0.1, 0.15) is 0 Å². The largest absolute Gasteiger partial charge is 0.388 e. The van der Waals surface area contributed by atoms with E-state index in [0.717, 1.165) is 22.4 Å². The third-order valence-electron chi connectivity index (χ3n) is 3.89. The molecule has 2 aromatic rings. The molecule has 21 heavy (non-hydrogen) atoms. The minimum atomic E-state index is -0.186. The first kappa shape index (κ1) is 13.0. The molecule has 0 fully saturated rings. The molecule has 4 heteroatoms. The van der Waals surface area contributed by atoms with Gasteiger partial charge in [-0.15, -0.1) is 0 Å². The number of anilines is 1. The monoisotopic (exact) mass is 274 g/mol. The molecule has 1 aliphatic heterocycles. The fraction of sp³-hybridized carbons (Fsp3) is 0.176. The Morgan fingerprint density at radius 1 is 1.14 bits per heavy atom. The molecule has 1 N–H and O–H groups in total. The fourth-order valence-electron chi connectivity index (χ4n) is 2.86. The van der Waals surface area contributed by atoms with Crippen molar-refractivity contribution in [3.05, 3.63) is 64.7 Å². The summed E-state index contributed by atoms with van der Waals surface area (Å²) in [6.45, 7) is 0.584. The third kappa shape index (κ3) is 2.07. The summed E-state index contributed by atoms with van der Waals surface area (Å²) in [6, 6.07) is 15.6. The smallest absolute Gasteiger partial charge is 0.180 e. The zero-order chi connectivity index (χ0) is 14.8. The van der Waals surface area contributed by atoms with Gasteiger partial charge in [0, 0.05) is 12.7 Å². The Labute approximate surface area is 123 Å². The van der Waals surface area contributed by atoms with Gasteiger partial charge < -0.3 is 5.32 Å². The van der Waals surface area contributed by atoms with Gasteiger partial charge in [-0.05, 0) is 34.9 Å². The van der Waals surface area contributed by atoms with Crippen LogP contribution < -0.4 is 5.32 Å². The number of fused-ring (bicyclic) bond motifs is 1. The van der Waals surface area contributed by atoms with Crippen molar-refractivity contribution in [3.8, 4) is 12.3 Å². The molecule has 1 aliphatic rings. The molecule has 0 saturated carbocycles. The molecule has 0 aliphatic carbocycles. The highest BCUT2D eigenvalue weighted by molar-refractivity contribution is 5.55. The maximum absolute atomic E-state index is 9.44. The number of hydrogen-bond donors (Lipinski definition) is 1. The van der Waals surface area contributed by atoms with E-state index in [1.54, 1.807) is 11.0 Å². The van der Waals surface area contributed by atoms with Crippen LogP contribution in [0.1, 0.15) is 28.3 Å². The zero-order valence-corrected chi connectivity index (χ0v) is 11.7. The summed E-state index contributed by atoms with van der Waals surface area (Å²) in [5.74, 6) is 0. The van der Waals surface area contributed by atoms with Crippen molar-refractivity contribution in [3.63, 3.8) is 0 Å². The van der Waals surface area contributed by atoms with Crippen LogP contribution in [0.25, 0.3) is 0 Å². The van der Waals surface area contributed by atoms with Crippen LogP contribution in [0.5, 0.6) is 0 Å². The summed E-state index contributed by atoms with van der Waals surface area (Å²) in [4.78, 5) is 1.72. The van der Waals surface area contributed by atoms with E-state index in [9.17, 15) is 10.5 Å². The van der Waals surface area contributed by atoms with Gasteiger partial charge in [0.05, 0.1) is 24.2 Å². The minimum Gasteiger partial charge on any atom is -0.388 e. The standard InChI is InChI=1S/C17H14N4/c1-20-14-7-6-13-10-21(11-19)17(16(13)8-14)15-5-3-2-4-12(15)9-18/h2-8,17,20H,10H2,1H3. The van der Waals surface area contributed by atoms with E-state index in [-0.39, 0.29) is 6.04 Å². The molecule has 0 saturated heterocycles. The fourth-order valence-corrected chi connectivity index (χ4v) is 2.86. The molecule has 0 amide bonds. The van der Waals surface area contributed by atoms with E-state index >= 15 is 0 Å². The van der Waals surface area contributed by atoms with Crippen molar-refractivity contribution in [2.45, 2.75) is 12.6 Å². The molecule has 0 bridgehead atoms. The van der Waals surface area contributed by atoms with Gasteiger partial charge in [-0.1, -0.05) is 24.3 Å². The highest BCUT2D eigenvalue weighted by atomic mass is 15.2. The van der Waals surface area contributed by atoms with Crippen LogP contribution in [-0.2, 0) is 6.54 Å². The molecule has 0 spiro atoms. The molecular weight excluding hydrogens is 260 g/mol. The molecule has 102 valence electrons. The third-order valence-corrected chi connectivity index (χ3v) is 3.89. The van der Waals surface area contributed by atoms with Crippen molar-refractivity contribution in [1.82, 2.24) is 4.90 Å². The average molecular weight is 274 g/mol. The van der Waals surface area contributed by atoms with Crippen molar-refractivity contribution >= 4 is 5.69 Å². The second kappa shape index (κ2) is 5.19. The lowest BCUT2D eigenvalue weighted by atomic mass is 9.94. The second-order valence-corrected chi connectivity index (χ2v) is 4.99. The summed E-state index contributed by atoms with van der Waals surface area (Å²) in [6.07, 6.45) is 2.25. The molecular formula is C17H14N4. The Morgan fingerprint density at radius 3 is 2.67 bits per heavy atom. The van der Waals surface area contributed by atoms with Crippen LogP contribution in [0, 0.1) is 22.8 Å². The molecule has 4 nitrogen and oxygen atoms in total. The molecule has 2 aromatic carbocycles. The normalized spacial score (nSPS) is 16.0. The Kier molecular flexibility index (Phi) is 3.22. The maximum atomic E-state index is 9.44. The lowest BCUT2D eigenvalue weighted by Gasteiger charge is -2.21. The molecule has 0 aromatic heterocycles. The first-order valence-corrected chi connectivity index (χ1v) is 6.74. The van der Waals surface area contributed by atoms with Crippen molar-refractivity contribution in [1.29, 1.82) is 10.5 Å². The van der Waals surface area contributed by atoms with Gasteiger partial charge in [-0.25, -0.2) is 0 Å². The second-order valence-electron chi connectivity index (χ2n) is 4.99.